The molecule has 0 saturated heterocycles. The van der Waals surface area contributed by atoms with Crippen molar-refractivity contribution in [1.29, 1.82) is 0 Å². The second-order valence-electron chi connectivity index (χ2n) is 9.44. The number of hydrogen-bond donors (Lipinski definition) is 1. The number of nitrogens with one attached hydrogen (secondary N) is 1. The van der Waals surface area contributed by atoms with Gasteiger partial charge in [0.1, 0.15) is 12.6 Å². The normalized spacial score (nSPS) is 12.9. The predicted molar refractivity (Wildman–Crippen MR) is 157 cm³/mol. The van der Waals surface area contributed by atoms with Gasteiger partial charge in [0.25, 0.3) is 10.0 Å². The lowest BCUT2D eigenvalue weighted by Gasteiger charge is -2.32. The molecule has 0 aliphatic carbocycles. The van der Waals surface area contributed by atoms with Crippen LogP contribution in [0.5, 0.6) is 0 Å². The number of amides is 2. The summed E-state index contributed by atoms with van der Waals surface area (Å²) in [4.78, 5) is 28.3. The Hall–Kier alpha value is -3.07. The lowest BCUT2D eigenvalue weighted by atomic mass is 10.1. The van der Waals surface area contributed by atoms with Crippen molar-refractivity contribution in [1.82, 2.24) is 10.2 Å². The van der Waals surface area contributed by atoms with Crippen LogP contribution in [0.3, 0.4) is 0 Å². The van der Waals surface area contributed by atoms with Gasteiger partial charge in [-0.2, -0.15) is 0 Å². The fourth-order valence-electron chi connectivity index (χ4n) is 3.81. The standard InChI is InChI=1S/C29H33Cl2N3O4S/c1-5-21(3)32-29(36)22(4)33(18-23-8-10-24(30)11-9-23)28(35)19-34(26-14-6-20(2)7-15-26)39(37,38)27-16-12-25(31)13-17-27/h6-17,21-22H,5,18-19H2,1-4H3,(H,32,36)/t21-,22+/m0/s1. The molecule has 0 aliphatic heterocycles. The van der Waals surface area contributed by atoms with E-state index in [1.54, 1.807) is 55.5 Å². The van der Waals surface area contributed by atoms with E-state index in [1.807, 2.05) is 20.8 Å². The van der Waals surface area contributed by atoms with E-state index in [4.69, 9.17) is 23.2 Å². The summed E-state index contributed by atoms with van der Waals surface area (Å²) in [5.41, 5.74) is 2.01. The quantitative estimate of drug-likeness (QED) is 0.305. The van der Waals surface area contributed by atoms with Crippen LogP contribution >= 0.6 is 23.2 Å². The topological polar surface area (TPSA) is 86.8 Å². The molecule has 0 radical (unpaired) electrons. The van der Waals surface area contributed by atoms with Gasteiger partial charge < -0.3 is 10.2 Å². The number of hydrogen-bond acceptors (Lipinski definition) is 4. The number of carbonyl (C=O) groups is 2. The first-order valence-corrected chi connectivity index (χ1v) is 14.8. The minimum absolute atomic E-state index is 0.00733. The summed E-state index contributed by atoms with van der Waals surface area (Å²) in [6.45, 7) is 6.94. The second-order valence-corrected chi connectivity index (χ2v) is 12.2. The number of sulfonamides is 1. The van der Waals surface area contributed by atoms with E-state index in [2.05, 4.69) is 5.32 Å². The van der Waals surface area contributed by atoms with E-state index in [0.717, 1.165) is 21.9 Å². The van der Waals surface area contributed by atoms with Crippen molar-refractivity contribution in [2.75, 3.05) is 10.8 Å². The fourth-order valence-corrected chi connectivity index (χ4v) is 5.47. The molecule has 7 nitrogen and oxygen atoms in total. The molecule has 10 heteroatoms. The van der Waals surface area contributed by atoms with Crippen LogP contribution < -0.4 is 9.62 Å². The van der Waals surface area contributed by atoms with E-state index in [-0.39, 0.29) is 23.4 Å². The first-order chi connectivity index (χ1) is 18.4. The van der Waals surface area contributed by atoms with E-state index in [9.17, 15) is 18.0 Å². The monoisotopic (exact) mass is 589 g/mol. The molecule has 0 spiro atoms. The van der Waals surface area contributed by atoms with Gasteiger partial charge in [-0.1, -0.05) is 60.0 Å². The van der Waals surface area contributed by atoms with Crippen molar-refractivity contribution in [2.45, 2.75) is 57.6 Å². The van der Waals surface area contributed by atoms with Gasteiger partial charge in [-0.05, 0) is 81.3 Å². The Morgan fingerprint density at radius 1 is 0.872 bits per heavy atom. The van der Waals surface area contributed by atoms with Crippen molar-refractivity contribution in [3.8, 4) is 0 Å². The van der Waals surface area contributed by atoms with E-state index < -0.39 is 28.5 Å². The largest absolute Gasteiger partial charge is 0.352 e. The van der Waals surface area contributed by atoms with Gasteiger partial charge >= 0.3 is 0 Å². The van der Waals surface area contributed by atoms with Gasteiger partial charge in [0.15, 0.2) is 0 Å². The van der Waals surface area contributed by atoms with Crippen LogP contribution in [0.25, 0.3) is 0 Å². The van der Waals surface area contributed by atoms with Crippen LogP contribution in [0.1, 0.15) is 38.3 Å². The average molecular weight is 591 g/mol. The molecule has 3 aromatic rings. The van der Waals surface area contributed by atoms with Crippen LogP contribution in [-0.4, -0.2) is 43.8 Å². The SMILES string of the molecule is CC[C@H](C)NC(=O)[C@@H](C)N(Cc1ccc(Cl)cc1)C(=O)CN(c1ccc(C)cc1)S(=O)(=O)c1ccc(Cl)cc1. The molecular weight excluding hydrogens is 557 g/mol. The van der Waals surface area contributed by atoms with Gasteiger partial charge in [0, 0.05) is 22.6 Å². The van der Waals surface area contributed by atoms with Crippen molar-refractivity contribution in [2.24, 2.45) is 0 Å². The van der Waals surface area contributed by atoms with Crippen molar-refractivity contribution < 1.29 is 18.0 Å². The van der Waals surface area contributed by atoms with Gasteiger partial charge in [0.2, 0.25) is 11.8 Å². The number of anilines is 1. The first kappa shape index (κ1) is 30.5. The minimum atomic E-state index is -4.15. The van der Waals surface area contributed by atoms with Crippen LogP contribution in [0, 0.1) is 6.92 Å². The zero-order valence-corrected chi connectivity index (χ0v) is 24.7. The number of halogens is 2. The molecule has 3 rings (SSSR count). The molecule has 2 amide bonds. The summed E-state index contributed by atoms with van der Waals surface area (Å²) < 4.78 is 28.6. The first-order valence-electron chi connectivity index (χ1n) is 12.6. The maximum absolute atomic E-state index is 13.9. The highest BCUT2D eigenvalue weighted by molar-refractivity contribution is 7.92. The van der Waals surface area contributed by atoms with Gasteiger partial charge in [-0.25, -0.2) is 8.42 Å². The molecule has 3 aromatic carbocycles. The smallest absolute Gasteiger partial charge is 0.264 e. The maximum atomic E-state index is 13.9. The molecule has 0 unspecified atom stereocenters. The fraction of sp³-hybridized carbons (Fsp3) is 0.310. The molecular formula is C29H33Cl2N3O4S. The van der Waals surface area contributed by atoms with Crippen molar-refractivity contribution in [3.63, 3.8) is 0 Å². The summed E-state index contributed by atoms with van der Waals surface area (Å²) in [6, 6.07) is 18.6. The Labute approximate surface area is 240 Å². The Morgan fingerprint density at radius 2 is 1.41 bits per heavy atom. The molecule has 39 heavy (non-hydrogen) atoms. The average Bonchev–Trinajstić information content (AvgIpc) is 2.91. The van der Waals surface area contributed by atoms with E-state index in [0.29, 0.717) is 15.7 Å². The van der Waals surface area contributed by atoms with Crippen LogP contribution in [0.4, 0.5) is 5.69 Å². The molecule has 0 saturated carbocycles. The summed E-state index contributed by atoms with van der Waals surface area (Å²) >= 11 is 12.0. The zero-order chi connectivity index (χ0) is 28.7. The van der Waals surface area contributed by atoms with Crippen LogP contribution in [-0.2, 0) is 26.2 Å². The number of carbonyl (C=O) groups excluding carboxylic acids is 2. The Balaban J connectivity index is 2.01. The molecule has 208 valence electrons. The molecule has 2 atom stereocenters. The Bertz CT molecular complexity index is 1380. The molecule has 0 aromatic heterocycles. The predicted octanol–water partition coefficient (Wildman–Crippen LogP) is 5.83. The molecule has 0 aliphatic rings. The summed E-state index contributed by atoms with van der Waals surface area (Å²) in [6.07, 6.45) is 0.726. The zero-order valence-electron chi connectivity index (χ0n) is 22.4. The second kappa shape index (κ2) is 13.3. The van der Waals surface area contributed by atoms with Crippen LogP contribution in [0.15, 0.2) is 77.7 Å². The summed E-state index contributed by atoms with van der Waals surface area (Å²) in [5, 5.41) is 3.85. The number of benzene rings is 3. The van der Waals surface area contributed by atoms with Gasteiger partial charge in [-0.3, -0.25) is 13.9 Å². The third-order valence-corrected chi connectivity index (χ3v) is 8.73. The Kier molecular flexibility index (Phi) is 10.4. The highest BCUT2D eigenvalue weighted by Crippen LogP contribution is 2.26. The summed E-state index contributed by atoms with van der Waals surface area (Å²) in [7, 11) is -4.15. The van der Waals surface area contributed by atoms with E-state index in [1.165, 1.54) is 29.2 Å². The van der Waals surface area contributed by atoms with Crippen molar-refractivity contribution >= 4 is 50.7 Å². The number of rotatable bonds is 11. The highest BCUT2D eigenvalue weighted by atomic mass is 35.5. The highest BCUT2D eigenvalue weighted by Gasteiger charge is 2.32. The number of nitrogens with zero attached hydrogens (tertiary/aromatic N) is 2. The minimum Gasteiger partial charge on any atom is -0.352 e. The molecule has 0 heterocycles. The van der Waals surface area contributed by atoms with Crippen molar-refractivity contribution in [3.05, 3.63) is 94.0 Å². The molecule has 1 N–H and O–H groups in total. The molecule has 0 bridgehead atoms. The van der Waals surface area contributed by atoms with Gasteiger partial charge in [0.05, 0.1) is 10.6 Å². The lowest BCUT2D eigenvalue weighted by molar-refractivity contribution is -0.139. The third-order valence-electron chi connectivity index (χ3n) is 6.44. The summed E-state index contributed by atoms with van der Waals surface area (Å²) in [5.74, 6) is -0.857. The Morgan fingerprint density at radius 3 is 1.95 bits per heavy atom. The van der Waals surface area contributed by atoms with Gasteiger partial charge in [-0.15, -0.1) is 0 Å². The number of aryl methyl sites for hydroxylation is 1. The molecule has 0 fully saturated rings. The maximum Gasteiger partial charge on any atom is 0.264 e. The third kappa shape index (κ3) is 7.97. The van der Waals surface area contributed by atoms with Crippen LogP contribution in [0.2, 0.25) is 10.0 Å². The lowest BCUT2D eigenvalue weighted by Crippen LogP contribution is -2.52. The van der Waals surface area contributed by atoms with E-state index >= 15 is 0 Å².